The predicted octanol–water partition coefficient (Wildman–Crippen LogP) is 2.85. The molecule has 1 amide bonds. The number of benzene rings is 1. The minimum atomic E-state index is 0. The Bertz CT molecular complexity index is 609. The number of ether oxygens (including phenoxy) is 1. The van der Waals surface area contributed by atoms with Gasteiger partial charge in [-0.15, -0.1) is 12.4 Å². The van der Waals surface area contributed by atoms with Gasteiger partial charge in [-0.3, -0.25) is 4.79 Å². The lowest BCUT2D eigenvalue weighted by molar-refractivity contribution is -0.132. The average Bonchev–Trinajstić information content (AvgIpc) is 2.67. The highest BCUT2D eigenvalue weighted by atomic mass is 35.5. The SMILES string of the molecule is COc1ccc(Cl)cc1CC1CCCN(CCC(=O)N2CCNCC2)C1.Cl. The molecule has 0 aromatic heterocycles. The first kappa shape index (κ1) is 22.3. The molecule has 7 heteroatoms. The molecule has 3 rings (SSSR count). The van der Waals surface area contributed by atoms with E-state index in [1.54, 1.807) is 7.11 Å². The highest BCUT2D eigenvalue weighted by molar-refractivity contribution is 6.30. The van der Waals surface area contributed by atoms with Crippen LogP contribution in [-0.4, -0.2) is 68.6 Å². The number of amides is 1. The molecule has 27 heavy (non-hydrogen) atoms. The summed E-state index contributed by atoms with van der Waals surface area (Å²) in [5.74, 6) is 1.80. The van der Waals surface area contributed by atoms with Crippen LogP contribution in [-0.2, 0) is 11.2 Å². The van der Waals surface area contributed by atoms with E-state index in [4.69, 9.17) is 16.3 Å². The number of nitrogens with zero attached hydrogens (tertiary/aromatic N) is 2. The van der Waals surface area contributed by atoms with Gasteiger partial charge in [-0.25, -0.2) is 0 Å². The second-order valence-electron chi connectivity index (χ2n) is 7.35. The predicted molar refractivity (Wildman–Crippen MR) is 112 cm³/mol. The van der Waals surface area contributed by atoms with Crippen LogP contribution in [0.1, 0.15) is 24.8 Å². The fraction of sp³-hybridized carbons (Fsp3) is 0.650. The lowest BCUT2D eigenvalue weighted by atomic mass is 9.91. The molecule has 1 atom stereocenters. The summed E-state index contributed by atoms with van der Waals surface area (Å²) in [6, 6.07) is 5.84. The first-order valence-electron chi connectivity index (χ1n) is 9.69. The number of piperidine rings is 1. The van der Waals surface area contributed by atoms with Crippen LogP contribution in [0.3, 0.4) is 0 Å². The van der Waals surface area contributed by atoms with Crippen molar-refractivity contribution in [3.05, 3.63) is 28.8 Å². The van der Waals surface area contributed by atoms with Gasteiger partial charge in [0.1, 0.15) is 5.75 Å². The van der Waals surface area contributed by atoms with Crippen molar-refractivity contribution in [3.63, 3.8) is 0 Å². The molecule has 0 aliphatic carbocycles. The summed E-state index contributed by atoms with van der Waals surface area (Å²) in [7, 11) is 1.71. The molecule has 0 saturated carbocycles. The largest absolute Gasteiger partial charge is 0.496 e. The molecule has 2 aliphatic heterocycles. The van der Waals surface area contributed by atoms with E-state index in [-0.39, 0.29) is 12.4 Å². The van der Waals surface area contributed by atoms with Gasteiger partial charge >= 0.3 is 0 Å². The summed E-state index contributed by atoms with van der Waals surface area (Å²) in [4.78, 5) is 16.8. The van der Waals surface area contributed by atoms with Crippen molar-refractivity contribution in [2.24, 2.45) is 5.92 Å². The van der Waals surface area contributed by atoms with Crippen LogP contribution in [0.5, 0.6) is 5.75 Å². The molecule has 2 fully saturated rings. The van der Waals surface area contributed by atoms with Crippen LogP contribution >= 0.6 is 24.0 Å². The van der Waals surface area contributed by atoms with Gasteiger partial charge in [0.2, 0.25) is 5.91 Å². The van der Waals surface area contributed by atoms with Gasteiger partial charge in [-0.2, -0.15) is 0 Å². The third kappa shape index (κ3) is 6.53. The van der Waals surface area contributed by atoms with E-state index < -0.39 is 0 Å². The van der Waals surface area contributed by atoms with Crippen molar-refractivity contribution in [1.82, 2.24) is 15.1 Å². The first-order valence-corrected chi connectivity index (χ1v) is 10.1. The minimum Gasteiger partial charge on any atom is -0.496 e. The summed E-state index contributed by atoms with van der Waals surface area (Å²) >= 11 is 6.17. The molecular formula is C20H31Cl2N3O2. The zero-order valence-electron chi connectivity index (χ0n) is 16.1. The van der Waals surface area contributed by atoms with Gasteiger partial charge in [0.15, 0.2) is 0 Å². The third-order valence-electron chi connectivity index (χ3n) is 5.47. The maximum Gasteiger partial charge on any atom is 0.223 e. The fourth-order valence-electron chi connectivity index (χ4n) is 4.06. The zero-order chi connectivity index (χ0) is 18.4. The lowest BCUT2D eigenvalue weighted by Crippen LogP contribution is -2.47. The Kier molecular flexibility index (Phi) is 9.16. The van der Waals surface area contributed by atoms with Crippen LogP contribution in [0, 0.1) is 5.92 Å². The van der Waals surface area contributed by atoms with E-state index in [2.05, 4.69) is 10.2 Å². The first-order chi connectivity index (χ1) is 12.7. The quantitative estimate of drug-likeness (QED) is 0.775. The number of carbonyl (C=O) groups is 1. The molecule has 5 nitrogen and oxygen atoms in total. The van der Waals surface area contributed by atoms with Gasteiger partial charge < -0.3 is 19.9 Å². The van der Waals surface area contributed by atoms with Gasteiger partial charge in [0.05, 0.1) is 7.11 Å². The summed E-state index contributed by atoms with van der Waals surface area (Å²) in [6.07, 6.45) is 4.02. The van der Waals surface area contributed by atoms with Crippen molar-refractivity contribution in [2.75, 3.05) is 52.9 Å². The van der Waals surface area contributed by atoms with E-state index in [0.29, 0.717) is 18.2 Å². The molecule has 0 spiro atoms. The maximum atomic E-state index is 12.4. The van der Waals surface area contributed by atoms with Crippen LogP contribution in [0.2, 0.25) is 5.02 Å². The van der Waals surface area contributed by atoms with Gasteiger partial charge in [0.25, 0.3) is 0 Å². The molecule has 1 aromatic carbocycles. The molecule has 1 N–H and O–H groups in total. The molecule has 2 aliphatic rings. The molecule has 0 bridgehead atoms. The normalized spacial score (nSPS) is 20.8. The summed E-state index contributed by atoms with van der Waals surface area (Å²) in [5, 5.41) is 4.05. The monoisotopic (exact) mass is 415 g/mol. The van der Waals surface area contributed by atoms with Crippen molar-refractivity contribution in [2.45, 2.75) is 25.7 Å². The zero-order valence-corrected chi connectivity index (χ0v) is 17.7. The van der Waals surface area contributed by atoms with E-state index >= 15 is 0 Å². The fourth-order valence-corrected chi connectivity index (χ4v) is 4.26. The van der Waals surface area contributed by atoms with E-state index in [0.717, 1.165) is 63.0 Å². The highest BCUT2D eigenvalue weighted by Gasteiger charge is 2.23. The van der Waals surface area contributed by atoms with Gasteiger partial charge in [0, 0.05) is 50.7 Å². The standard InChI is InChI=1S/C20H30ClN3O2.ClH/c1-26-19-5-4-18(21)14-17(19)13-16-3-2-9-23(15-16)10-6-20(25)24-11-7-22-8-12-24;/h4-5,14,16,22H,2-3,6-13,15H2,1H3;1H. The number of rotatable bonds is 6. The van der Waals surface area contributed by atoms with E-state index in [9.17, 15) is 4.79 Å². The van der Waals surface area contributed by atoms with Crippen LogP contribution in [0.15, 0.2) is 18.2 Å². The molecule has 1 aromatic rings. The third-order valence-corrected chi connectivity index (χ3v) is 5.70. The van der Waals surface area contributed by atoms with E-state index in [1.807, 2.05) is 23.1 Å². The van der Waals surface area contributed by atoms with Crippen molar-refractivity contribution in [1.29, 1.82) is 0 Å². The van der Waals surface area contributed by atoms with Gasteiger partial charge in [-0.05, 0) is 55.5 Å². The van der Waals surface area contributed by atoms with Gasteiger partial charge in [-0.1, -0.05) is 11.6 Å². The smallest absolute Gasteiger partial charge is 0.223 e. The Morgan fingerprint density at radius 2 is 2.07 bits per heavy atom. The maximum absolute atomic E-state index is 12.4. The number of carbonyl (C=O) groups excluding carboxylic acids is 1. The molecule has 2 heterocycles. The summed E-state index contributed by atoms with van der Waals surface area (Å²) in [6.45, 7) is 6.53. The Morgan fingerprint density at radius 3 is 2.81 bits per heavy atom. The number of methoxy groups -OCH3 is 1. The van der Waals surface area contributed by atoms with Crippen molar-refractivity contribution >= 4 is 29.9 Å². The van der Waals surface area contributed by atoms with Crippen LogP contribution in [0.25, 0.3) is 0 Å². The number of likely N-dealkylation sites (tertiary alicyclic amines) is 1. The number of piperazine rings is 1. The summed E-state index contributed by atoms with van der Waals surface area (Å²) in [5.41, 5.74) is 1.18. The van der Waals surface area contributed by atoms with Crippen LogP contribution in [0.4, 0.5) is 0 Å². The number of halogens is 2. The average molecular weight is 416 g/mol. The van der Waals surface area contributed by atoms with Crippen molar-refractivity contribution in [3.8, 4) is 5.75 Å². The number of nitrogens with one attached hydrogen (secondary N) is 1. The van der Waals surface area contributed by atoms with Crippen LogP contribution < -0.4 is 10.1 Å². The topological polar surface area (TPSA) is 44.8 Å². The molecule has 1 unspecified atom stereocenters. The Balaban J connectivity index is 0.00000261. The molecule has 152 valence electrons. The summed E-state index contributed by atoms with van der Waals surface area (Å²) < 4.78 is 5.49. The molecule has 0 radical (unpaired) electrons. The Labute approximate surface area is 173 Å². The minimum absolute atomic E-state index is 0. The Hall–Kier alpha value is -1.01. The second kappa shape index (κ2) is 11.1. The van der Waals surface area contributed by atoms with E-state index in [1.165, 1.54) is 18.4 Å². The Morgan fingerprint density at radius 1 is 1.30 bits per heavy atom. The number of hydrogen-bond donors (Lipinski definition) is 1. The van der Waals surface area contributed by atoms with Crippen molar-refractivity contribution < 1.29 is 9.53 Å². The lowest BCUT2D eigenvalue weighted by Gasteiger charge is -2.34. The highest BCUT2D eigenvalue weighted by Crippen LogP contribution is 2.28. The molecular weight excluding hydrogens is 385 g/mol. The number of hydrogen-bond acceptors (Lipinski definition) is 4. The second-order valence-corrected chi connectivity index (χ2v) is 7.79. The molecule has 2 saturated heterocycles.